The van der Waals surface area contributed by atoms with E-state index in [4.69, 9.17) is 0 Å². The third kappa shape index (κ3) is 5.40. The minimum Gasteiger partial charge on any atom is -0.349 e. The van der Waals surface area contributed by atoms with Gasteiger partial charge in [-0.25, -0.2) is 8.42 Å². The molecule has 174 valence electrons. The van der Waals surface area contributed by atoms with Crippen LogP contribution < -0.4 is 5.32 Å². The highest BCUT2D eigenvalue weighted by molar-refractivity contribution is 7.92. The lowest BCUT2D eigenvalue weighted by Crippen LogP contribution is -2.40. The Morgan fingerprint density at radius 1 is 0.906 bits per heavy atom. The van der Waals surface area contributed by atoms with Gasteiger partial charge in [0, 0.05) is 18.4 Å². The fraction of sp³-hybridized carbons (Fsp3) is 0.400. The number of hydrogen-bond acceptors (Lipinski definition) is 4. The summed E-state index contributed by atoms with van der Waals surface area (Å²) in [5.74, 6) is -0.771. The van der Waals surface area contributed by atoms with Gasteiger partial charge in [-0.1, -0.05) is 6.07 Å². The van der Waals surface area contributed by atoms with Crippen LogP contribution in [0.25, 0.3) is 0 Å². The Hall–Kier alpha value is -2.63. The van der Waals surface area contributed by atoms with E-state index in [1.54, 1.807) is 0 Å². The highest BCUT2D eigenvalue weighted by Gasteiger charge is 2.36. The first-order valence-electron chi connectivity index (χ1n) is 9.53. The minimum absolute atomic E-state index is 0.0877. The summed E-state index contributed by atoms with van der Waals surface area (Å²) in [5, 5.41) is 1.64. The van der Waals surface area contributed by atoms with Gasteiger partial charge in [0.15, 0.2) is 9.84 Å². The Kier molecular flexibility index (Phi) is 6.55. The van der Waals surface area contributed by atoms with Crippen LogP contribution in [0, 0.1) is 0 Å². The number of halogens is 6. The van der Waals surface area contributed by atoms with Crippen LogP contribution in [0.2, 0.25) is 0 Å². The molecule has 0 radical (unpaired) electrons. The van der Waals surface area contributed by atoms with Crippen molar-refractivity contribution >= 4 is 15.7 Å². The molecule has 1 heterocycles. The highest BCUT2D eigenvalue weighted by atomic mass is 32.2. The van der Waals surface area contributed by atoms with Crippen LogP contribution in [0.3, 0.4) is 0 Å². The van der Waals surface area contributed by atoms with Gasteiger partial charge in [0.1, 0.15) is 0 Å². The van der Waals surface area contributed by atoms with Gasteiger partial charge >= 0.3 is 12.4 Å². The molecule has 2 aromatic rings. The van der Waals surface area contributed by atoms with E-state index in [2.05, 4.69) is 10.3 Å². The smallest absolute Gasteiger partial charge is 0.349 e. The molecule has 1 saturated carbocycles. The molecule has 1 fully saturated rings. The van der Waals surface area contributed by atoms with Crippen molar-refractivity contribution in [2.45, 2.75) is 54.2 Å². The summed E-state index contributed by atoms with van der Waals surface area (Å²) in [6, 6.07) is 3.72. The van der Waals surface area contributed by atoms with Gasteiger partial charge in [-0.3, -0.25) is 9.78 Å². The molecule has 0 unspecified atom stereocenters. The fourth-order valence-corrected chi connectivity index (χ4v) is 5.38. The van der Waals surface area contributed by atoms with Crippen molar-refractivity contribution in [3.63, 3.8) is 0 Å². The van der Waals surface area contributed by atoms with Gasteiger partial charge in [0.2, 0.25) is 0 Å². The number of nitrogens with one attached hydrogen (secondary N) is 1. The number of sulfone groups is 1. The SMILES string of the molecule is O=C(N[C@H]1CC[C@@H](S(=O)(=O)c2cccc(C(F)(F)F)c2)CC1)c1cncc(C(F)(F)F)c1. The van der Waals surface area contributed by atoms with Gasteiger partial charge in [0.25, 0.3) is 5.91 Å². The van der Waals surface area contributed by atoms with Crippen molar-refractivity contribution in [3.05, 3.63) is 59.4 Å². The summed E-state index contributed by atoms with van der Waals surface area (Å²) in [5.41, 5.74) is -2.41. The second-order valence-electron chi connectivity index (χ2n) is 7.48. The van der Waals surface area contributed by atoms with Crippen molar-refractivity contribution < 1.29 is 39.6 Å². The monoisotopic (exact) mass is 480 g/mol. The van der Waals surface area contributed by atoms with Gasteiger partial charge in [-0.05, 0) is 49.9 Å². The summed E-state index contributed by atoms with van der Waals surface area (Å²) in [6.07, 6.45) is -7.14. The summed E-state index contributed by atoms with van der Waals surface area (Å²) < 4.78 is 103. The van der Waals surface area contributed by atoms with Crippen LogP contribution >= 0.6 is 0 Å². The van der Waals surface area contributed by atoms with Gasteiger partial charge in [-0.2, -0.15) is 26.3 Å². The van der Waals surface area contributed by atoms with E-state index in [0.717, 1.165) is 24.4 Å². The molecule has 1 aliphatic rings. The van der Waals surface area contributed by atoms with Crippen molar-refractivity contribution in [3.8, 4) is 0 Å². The maximum absolute atomic E-state index is 12.9. The highest BCUT2D eigenvalue weighted by Crippen LogP contribution is 2.34. The molecule has 0 bridgehead atoms. The Morgan fingerprint density at radius 3 is 2.12 bits per heavy atom. The number of hydrogen-bond donors (Lipinski definition) is 1. The normalized spacial score (nSPS) is 20.1. The molecule has 1 aliphatic carbocycles. The third-order valence-electron chi connectivity index (χ3n) is 5.27. The molecule has 5 nitrogen and oxygen atoms in total. The summed E-state index contributed by atoms with van der Waals surface area (Å²) in [7, 11) is -4.02. The Bertz CT molecular complexity index is 1090. The summed E-state index contributed by atoms with van der Waals surface area (Å²) in [6.45, 7) is 0. The van der Waals surface area contributed by atoms with Gasteiger partial charge in [-0.15, -0.1) is 0 Å². The molecule has 1 aromatic heterocycles. The number of amides is 1. The lowest BCUT2D eigenvalue weighted by atomic mass is 9.94. The predicted octanol–water partition coefficient (Wildman–Crippen LogP) is 4.63. The lowest BCUT2D eigenvalue weighted by molar-refractivity contribution is -0.138. The second-order valence-corrected chi connectivity index (χ2v) is 9.71. The van der Waals surface area contributed by atoms with Crippen molar-refractivity contribution in [2.75, 3.05) is 0 Å². The number of benzene rings is 1. The zero-order chi connectivity index (χ0) is 23.7. The Labute approximate surface area is 179 Å². The average Bonchev–Trinajstić information content (AvgIpc) is 2.73. The van der Waals surface area contributed by atoms with Crippen LogP contribution in [0.15, 0.2) is 47.6 Å². The minimum atomic E-state index is -4.67. The third-order valence-corrected chi connectivity index (χ3v) is 7.53. The van der Waals surface area contributed by atoms with E-state index < -0.39 is 55.4 Å². The molecule has 1 N–H and O–H groups in total. The second kappa shape index (κ2) is 8.72. The van der Waals surface area contributed by atoms with E-state index in [9.17, 15) is 39.6 Å². The van der Waals surface area contributed by atoms with Crippen molar-refractivity contribution in [2.24, 2.45) is 0 Å². The van der Waals surface area contributed by atoms with E-state index >= 15 is 0 Å². The van der Waals surface area contributed by atoms with Crippen molar-refractivity contribution in [1.29, 1.82) is 0 Å². The maximum atomic E-state index is 12.9. The molecular weight excluding hydrogens is 462 g/mol. The number of rotatable bonds is 4. The summed E-state index contributed by atoms with van der Waals surface area (Å²) in [4.78, 5) is 15.3. The number of alkyl halides is 6. The molecule has 1 aromatic carbocycles. The molecule has 32 heavy (non-hydrogen) atoms. The first-order valence-corrected chi connectivity index (χ1v) is 11.1. The summed E-state index contributed by atoms with van der Waals surface area (Å²) >= 11 is 0. The molecule has 3 rings (SSSR count). The molecule has 1 amide bonds. The van der Waals surface area contributed by atoms with Gasteiger partial charge in [0.05, 0.1) is 26.8 Å². The van der Waals surface area contributed by atoms with E-state index in [1.807, 2.05) is 0 Å². The van der Waals surface area contributed by atoms with Crippen LogP contribution in [-0.4, -0.2) is 30.6 Å². The number of nitrogens with zero attached hydrogens (tertiary/aromatic N) is 1. The predicted molar refractivity (Wildman–Crippen MR) is 101 cm³/mol. The number of pyridine rings is 1. The zero-order valence-electron chi connectivity index (χ0n) is 16.4. The van der Waals surface area contributed by atoms with Crippen LogP contribution in [0.4, 0.5) is 26.3 Å². The lowest BCUT2D eigenvalue weighted by Gasteiger charge is -2.29. The van der Waals surface area contributed by atoms with Crippen molar-refractivity contribution in [1.82, 2.24) is 10.3 Å². The van der Waals surface area contributed by atoms with Crippen LogP contribution in [-0.2, 0) is 22.2 Å². The first kappa shape index (κ1) is 24.0. The van der Waals surface area contributed by atoms with E-state index in [0.29, 0.717) is 18.3 Å². The maximum Gasteiger partial charge on any atom is 0.417 e. The molecule has 0 spiro atoms. The van der Waals surface area contributed by atoms with Gasteiger partial charge < -0.3 is 5.32 Å². The first-order chi connectivity index (χ1) is 14.8. The van der Waals surface area contributed by atoms with Crippen LogP contribution in [0.5, 0.6) is 0 Å². The molecule has 0 atom stereocenters. The standard InChI is InChI=1S/C20H18F6N2O3S/c21-19(22,23)13-2-1-3-17(9-13)32(30,31)16-6-4-15(5-7-16)28-18(29)12-8-14(11-27-10-12)20(24,25)26/h1-3,8-11,15-16H,4-7H2,(H,28,29)/t15-,16+. The fourth-order valence-electron chi connectivity index (χ4n) is 3.55. The Morgan fingerprint density at radius 2 is 1.53 bits per heavy atom. The average molecular weight is 480 g/mol. The molecule has 12 heteroatoms. The van der Waals surface area contributed by atoms with Crippen LogP contribution in [0.1, 0.15) is 47.2 Å². The number of carbonyl (C=O) groups is 1. The van der Waals surface area contributed by atoms with E-state index in [1.165, 1.54) is 0 Å². The zero-order valence-corrected chi connectivity index (χ0v) is 17.2. The molecule has 0 aliphatic heterocycles. The quantitative estimate of drug-likeness (QED) is 0.648. The molecular formula is C20H18F6N2O3S. The largest absolute Gasteiger partial charge is 0.417 e. The molecule has 0 saturated heterocycles. The topological polar surface area (TPSA) is 76.1 Å². The Balaban J connectivity index is 1.65. The number of aromatic nitrogens is 1. The number of carbonyl (C=O) groups excluding carboxylic acids is 1. The van der Waals surface area contributed by atoms with E-state index in [-0.39, 0.29) is 31.2 Å².